The van der Waals surface area contributed by atoms with Gasteiger partial charge in [-0.3, -0.25) is 10.1 Å². The Morgan fingerprint density at radius 2 is 1.89 bits per heavy atom. The molecule has 0 aliphatic carbocycles. The number of hydrogen-bond donors (Lipinski definition) is 2. The molecule has 0 radical (unpaired) electrons. The van der Waals surface area contributed by atoms with Crippen LogP contribution in [0.1, 0.15) is 43.6 Å². The van der Waals surface area contributed by atoms with Crippen molar-refractivity contribution < 1.29 is 14.3 Å². The van der Waals surface area contributed by atoms with Crippen molar-refractivity contribution in [2.24, 2.45) is 0 Å². The molecule has 104 valence electrons. The van der Waals surface area contributed by atoms with E-state index in [4.69, 9.17) is 4.74 Å². The minimum Gasteiger partial charge on any atom is -0.444 e. The minimum atomic E-state index is -0.561. The first-order chi connectivity index (χ1) is 8.71. The van der Waals surface area contributed by atoms with Crippen molar-refractivity contribution in [3.63, 3.8) is 0 Å². The van der Waals surface area contributed by atoms with E-state index in [0.717, 1.165) is 12.0 Å². The van der Waals surface area contributed by atoms with Gasteiger partial charge in [-0.15, -0.1) is 12.6 Å². The van der Waals surface area contributed by atoms with Gasteiger partial charge in [-0.25, -0.2) is 4.79 Å². The number of ether oxygens (including phenoxy) is 1. The predicted octanol–water partition coefficient (Wildman–Crippen LogP) is 3.67. The van der Waals surface area contributed by atoms with E-state index in [2.05, 4.69) is 17.9 Å². The van der Waals surface area contributed by atoms with E-state index in [1.807, 2.05) is 13.0 Å². The Bertz CT molecular complexity index is 492. The Labute approximate surface area is 118 Å². The highest BCUT2D eigenvalue weighted by atomic mass is 32.1. The zero-order valence-corrected chi connectivity index (χ0v) is 12.5. The maximum atomic E-state index is 11.7. The minimum absolute atomic E-state index is 0.331. The standard InChI is InChI=1S/C14H19NO3S/c1-5-9-6-10(12(16)19)8-11(7-9)15-13(17)18-14(2,3)4/h6-8H,5H2,1-4H3,(H,15,17)(H,16,19). The molecular formula is C14H19NO3S. The number of nitrogens with one attached hydrogen (secondary N) is 1. The molecule has 5 heteroatoms. The SMILES string of the molecule is CCc1cc(NC(=O)OC(C)(C)C)cc(C(=O)S)c1. The van der Waals surface area contributed by atoms with E-state index in [0.29, 0.717) is 11.3 Å². The van der Waals surface area contributed by atoms with Gasteiger partial charge in [-0.2, -0.15) is 0 Å². The molecule has 0 bridgehead atoms. The van der Waals surface area contributed by atoms with E-state index >= 15 is 0 Å². The second kappa shape index (κ2) is 6.10. The fourth-order valence-electron chi connectivity index (χ4n) is 1.51. The molecule has 0 heterocycles. The van der Waals surface area contributed by atoms with Crippen molar-refractivity contribution in [1.82, 2.24) is 0 Å². The molecule has 1 rings (SSSR count). The number of hydrogen-bond acceptors (Lipinski definition) is 3. The first-order valence-electron chi connectivity index (χ1n) is 6.08. The molecule has 0 aliphatic heterocycles. The van der Waals surface area contributed by atoms with Crippen LogP contribution in [0.15, 0.2) is 18.2 Å². The molecule has 0 fully saturated rings. The van der Waals surface area contributed by atoms with Gasteiger partial charge in [0.2, 0.25) is 5.12 Å². The summed E-state index contributed by atoms with van der Waals surface area (Å²) in [4.78, 5) is 23.0. The Morgan fingerprint density at radius 1 is 1.26 bits per heavy atom. The first-order valence-corrected chi connectivity index (χ1v) is 6.53. The Morgan fingerprint density at radius 3 is 2.37 bits per heavy atom. The summed E-state index contributed by atoms with van der Waals surface area (Å²) in [6.07, 6.45) is 0.219. The lowest BCUT2D eigenvalue weighted by Gasteiger charge is -2.20. The smallest absolute Gasteiger partial charge is 0.412 e. The molecule has 0 saturated heterocycles. The number of aryl methyl sites for hydroxylation is 1. The van der Waals surface area contributed by atoms with Crippen LogP contribution in [0.25, 0.3) is 0 Å². The summed E-state index contributed by atoms with van der Waals surface area (Å²) in [6, 6.07) is 5.15. The zero-order chi connectivity index (χ0) is 14.6. The van der Waals surface area contributed by atoms with Crippen LogP contribution in [0.5, 0.6) is 0 Å². The summed E-state index contributed by atoms with van der Waals surface area (Å²) in [5, 5.41) is 2.29. The fourth-order valence-corrected chi connectivity index (χ4v) is 1.64. The molecule has 0 saturated carbocycles. The lowest BCUT2D eigenvalue weighted by Crippen LogP contribution is -2.27. The van der Waals surface area contributed by atoms with E-state index in [1.165, 1.54) is 0 Å². The number of benzene rings is 1. The van der Waals surface area contributed by atoms with Crippen molar-refractivity contribution in [2.45, 2.75) is 39.7 Å². The Balaban J connectivity index is 2.91. The Hall–Kier alpha value is -1.49. The van der Waals surface area contributed by atoms with Gasteiger partial charge in [0.25, 0.3) is 0 Å². The first kappa shape index (κ1) is 15.6. The lowest BCUT2D eigenvalue weighted by atomic mass is 10.1. The molecule has 19 heavy (non-hydrogen) atoms. The highest BCUT2D eigenvalue weighted by Gasteiger charge is 2.16. The van der Waals surface area contributed by atoms with E-state index < -0.39 is 11.7 Å². The third-order valence-corrected chi connectivity index (χ3v) is 2.55. The molecule has 1 aromatic carbocycles. The number of amides is 1. The molecule has 0 unspecified atom stereocenters. The third kappa shape index (κ3) is 5.34. The van der Waals surface area contributed by atoms with Crippen LogP contribution < -0.4 is 5.32 Å². The number of carbonyl (C=O) groups is 2. The van der Waals surface area contributed by atoms with Gasteiger partial charge in [-0.1, -0.05) is 6.92 Å². The molecule has 0 aliphatic rings. The largest absolute Gasteiger partial charge is 0.444 e. The maximum Gasteiger partial charge on any atom is 0.412 e. The quantitative estimate of drug-likeness (QED) is 0.831. The van der Waals surface area contributed by atoms with Gasteiger partial charge in [0.05, 0.1) is 0 Å². The van der Waals surface area contributed by atoms with Crippen LogP contribution in [0.2, 0.25) is 0 Å². The molecule has 0 atom stereocenters. The van der Waals surface area contributed by atoms with E-state index in [-0.39, 0.29) is 5.12 Å². The lowest BCUT2D eigenvalue weighted by molar-refractivity contribution is 0.0635. The van der Waals surface area contributed by atoms with Gasteiger partial charge in [-0.05, 0) is 51.0 Å². The topological polar surface area (TPSA) is 55.4 Å². The number of rotatable bonds is 3. The molecule has 4 nitrogen and oxygen atoms in total. The van der Waals surface area contributed by atoms with Crippen molar-refractivity contribution in [3.8, 4) is 0 Å². The highest BCUT2D eigenvalue weighted by Crippen LogP contribution is 2.18. The van der Waals surface area contributed by atoms with Gasteiger partial charge in [0.15, 0.2) is 0 Å². The van der Waals surface area contributed by atoms with Crippen LogP contribution in [-0.4, -0.2) is 16.8 Å². The van der Waals surface area contributed by atoms with Crippen LogP contribution >= 0.6 is 12.6 Å². The summed E-state index contributed by atoms with van der Waals surface area (Å²) < 4.78 is 5.16. The summed E-state index contributed by atoms with van der Waals surface area (Å²) in [5.41, 5.74) is 1.37. The second-order valence-electron chi connectivity index (χ2n) is 5.20. The van der Waals surface area contributed by atoms with Gasteiger partial charge >= 0.3 is 6.09 Å². The average Bonchev–Trinajstić information content (AvgIpc) is 2.25. The highest BCUT2D eigenvalue weighted by molar-refractivity contribution is 7.97. The number of anilines is 1. The third-order valence-electron chi connectivity index (χ3n) is 2.29. The van der Waals surface area contributed by atoms with Gasteiger partial charge in [0, 0.05) is 11.3 Å². The normalized spacial score (nSPS) is 11.0. The van der Waals surface area contributed by atoms with Gasteiger partial charge < -0.3 is 4.74 Å². The monoisotopic (exact) mass is 281 g/mol. The van der Waals surface area contributed by atoms with Crippen LogP contribution in [0.4, 0.5) is 10.5 Å². The average molecular weight is 281 g/mol. The van der Waals surface area contributed by atoms with Crippen molar-refractivity contribution >= 4 is 29.5 Å². The van der Waals surface area contributed by atoms with Crippen LogP contribution in [0.3, 0.4) is 0 Å². The fraction of sp³-hybridized carbons (Fsp3) is 0.429. The van der Waals surface area contributed by atoms with E-state index in [9.17, 15) is 9.59 Å². The summed E-state index contributed by atoms with van der Waals surface area (Å²) >= 11 is 3.80. The molecule has 1 aromatic rings. The summed E-state index contributed by atoms with van der Waals surface area (Å²) in [7, 11) is 0. The van der Waals surface area contributed by atoms with Crippen molar-refractivity contribution in [3.05, 3.63) is 29.3 Å². The zero-order valence-electron chi connectivity index (χ0n) is 11.6. The van der Waals surface area contributed by atoms with E-state index in [1.54, 1.807) is 32.9 Å². The predicted molar refractivity (Wildman–Crippen MR) is 79.0 cm³/mol. The number of carbonyl (C=O) groups excluding carboxylic acids is 2. The van der Waals surface area contributed by atoms with Crippen LogP contribution in [-0.2, 0) is 11.2 Å². The van der Waals surface area contributed by atoms with Crippen LogP contribution in [0, 0.1) is 0 Å². The molecule has 0 spiro atoms. The van der Waals surface area contributed by atoms with Crippen molar-refractivity contribution in [2.75, 3.05) is 5.32 Å². The number of thiol groups is 1. The van der Waals surface area contributed by atoms with Crippen molar-refractivity contribution in [1.29, 1.82) is 0 Å². The molecule has 0 aromatic heterocycles. The van der Waals surface area contributed by atoms with Gasteiger partial charge in [0.1, 0.15) is 5.60 Å². The second-order valence-corrected chi connectivity index (χ2v) is 5.61. The molecule has 1 N–H and O–H groups in total. The maximum absolute atomic E-state index is 11.7. The Kier molecular flexibility index (Phi) is 5.00. The summed E-state index contributed by atoms with van der Waals surface area (Å²) in [6.45, 7) is 7.34. The summed E-state index contributed by atoms with van der Waals surface area (Å²) in [5.74, 6) is 0. The molecule has 1 amide bonds. The molecular weight excluding hydrogens is 262 g/mol.